The molecule has 3 aromatic rings. The third-order valence-corrected chi connectivity index (χ3v) is 4.86. The molecule has 7 heteroatoms. The highest BCUT2D eigenvalue weighted by Gasteiger charge is 2.17. The molecule has 0 aliphatic rings. The Labute approximate surface area is 143 Å². The van der Waals surface area contributed by atoms with Gasteiger partial charge in [0, 0.05) is 12.6 Å². The smallest absolute Gasteiger partial charge is 0.237 e. The molecule has 0 atom stereocenters. The number of rotatable bonds is 4. The molecule has 3 rings (SSSR count). The van der Waals surface area contributed by atoms with Crippen molar-refractivity contribution in [2.45, 2.75) is 19.0 Å². The Bertz CT molecular complexity index is 965. The maximum absolute atomic E-state index is 12.2. The van der Waals surface area contributed by atoms with Crippen LogP contribution in [-0.2, 0) is 11.8 Å². The Morgan fingerprint density at radius 3 is 2.88 bits per heavy atom. The van der Waals surface area contributed by atoms with E-state index in [0.717, 1.165) is 21.8 Å². The fourth-order valence-corrected chi connectivity index (χ4v) is 3.18. The summed E-state index contributed by atoms with van der Waals surface area (Å²) in [6.07, 6.45) is 0. The quantitative estimate of drug-likeness (QED) is 0.736. The second kappa shape index (κ2) is 6.42. The normalized spacial score (nSPS) is 10.8. The van der Waals surface area contributed by atoms with E-state index in [4.69, 9.17) is 4.42 Å². The summed E-state index contributed by atoms with van der Waals surface area (Å²) in [6.45, 7) is 3.56. The number of nitriles is 1. The van der Waals surface area contributed by atoms with E-state index in [1.807, 2.05) is 35.9 Å². The van der Waals surface area contributed by atoms with Crippen LogP contribution in [-0.4, -0.2) is 21.2 Å². The maximum Gasteiger partial charge on any atom is 0.237 e. The Hall–Kier alpha value is -2.72. The van der Waals surface area contributed by atoms with E-state index in [1.165, 1.54) is 11.8 Å². The van der Waals surface area contributed by atoms with Crippen molar-refractivity contribution >= 4 is 34.6 Å². The van der Waals surface area contributed by atoms with Crippen LogP contribution in [0.1, 0.15) is 16.9 Å². The topological polar surface area (TPSA) is 83.8 Å². The van der Waals surface area contributed by atoms with E-state index in [0.29, 0.717) is 11.3 Å². The summed E-state index contributed by atoms with van der Waals surface area (Å²) in [4.78, 5) is 16.7. The van der Waals surface area contributed by atoms with Crippen LogP contribution in [0, 0.1) is 25.2 Å². The Balaban J connectivity index is 1.71. The molecule has 0 saturated heterocycles. The van der Waals surface area contributed by atoms with E-state index >= 15 is 0 Å². The molecular weight excluding hydrogens is 324 g/mol. The number of furan rings is 1. The molecule has 24 heavy (non-hydrogen) atoms. The van der Waals surface area contributed by atoms with Crippen molar-refractivity contribution < 1.29 is 9.21 Å². The van der Waals surface area contributed by atoms with Gasteiger partial charge in [0.25, 0.3) is 0 Å². The first-order chi connectivity index (χ1) is 11.5. The molecule has 0 aliphatic carbocycles. The average Bonchev–Trinajstić information content (AvgIpc) is 3.03. The number of aromatic nitrogens is 2. The summed E-state index contributed by atoms with van der Waals surface area (Å²) in [5, 5.41) is 12.6. The van der Waals surface area contributed by atoms with Gasteiger partial charge in [0.15, 0.2) is 5.16 Å². The molecule has 0 radical (unpaired) electrons. The lowest BCUT2D eigenvalue weighted by Crippen LogP contribution is -2.14. The molecule has 0 spiro atoms. The highest BCUT2D eigenvalue weighted by Crippen LogP contribution is 2.26. The molecule has 0 saturated carbocycles. The summed E-state index contributed by atoms with van der Waals surface area (Å²) in [5.41, 5.74) is 3.03. The lowest BCUT2D eigenvalue weighted by molar-refractivity contribution is -0.113. The molecule has 1 aromatic carbocycles. The van der Waals surface area contributed by atoms with Crippen molar-refractivity contribution in [3.63, 3.8) is 0 Å². The van der Waals surface area contributed by atoms with Crippen LogP contribution in [0.3, 0.4) is 0 Å². The molecule has 0 bridgehead atoms. The Morgan fingerprint density at radius 1 is 1.42 bits per heavy atom. The van der Waals surface area contributed by atoms with Gasteiger partial charge in [-0.15, -0.1) is 0 Å². The van der Waals surface area contributed by atoms with Gasteiger partial charge in [-0.2, -0.15) is 5.26 Å². The highest BCUT2D eigenvalue weighted by molar-refractivity contribution is 7.99. The molecule has 1 amide bonds. The number of hydrogen-bond donors (Lipinski definition) is 1. The van der Waals surface area contributed by atoms with Gasteiger partial charge < -0.3 is 8.98 Å². The fourth-order valence-electron chi connectivity index (χ4n) is 2.39. The van der Waals surface area contributed by atoms with Gasteiger partial charge in [0.2, 0.25) is 11.8 Å². The maximum atomic E-state index is 12.2. The molecule has 0 aliphatic heterocycles. The molecule has 6 nitrogen and oxygen atoms in total. The Morgan fingerprint density at radius 2 is 2.17 bits per heavy atom. The number of fused-ring (bicyclic) bond motifs is 1. The zero-order chi connectivity index (χ0) is 17.3. The van der Waals surface area contributed by atoms with Crippen LogP contribution < -0.4 is 5.32 Å². The van der Waals surface area contributed by atoms with E-state index in [9.17, 15) is 10.1 Å². The molecule has 122 valence electrons. The first-order valence-corrected chi connectivity index (χ1v) is 8.34. The number of benzene rings is 1. The SMILES string of the molecule is Cc1oc(NC(=O)CSc2nc3ccccc3n2C)c(C#N)c1C. The zero-order valence-corrected chi connectivity index (χ0v) is 14.4. The number of carbonyl (C=O) groups is 1. The van der Waals surface area contributed by atoms with Crippen LogP contribution >= 0.6 is 11.8 Å². The monoisotopic (exact) mass is 340 g/mol. The molecule has 0 unspecified atom stereocenters. The average molecular weight is 340 g/mol. The molecule has 1 N–H and O–H groups in total. The third-order valence-electron chi connectivity index (χ3n) is 3.83. The minimum absolute atomic E-state index is 0.181. The van der Waals surface area contributed by atoms with Gasteiger partial charge in [-0.05, 0) is 26.0 Å². The predicted molar refractivity (Wildman–Crippen MR) is 93.0 cm³/mol. The van der Waals surface area contributed by atoms with Gasteiger partial charge in [0.05, 0.1) is 16.8 Å². The summed E-state index contributed by atoms with van der Waals surface area (Å²) in [7, 11) is 1.92. The Kier molecular flexibility index (Phi) is 4.32. The van der Waals surface area contributed by atoms with Crippen molar-refractivity contribution in [1.82, 2.24) is 9.55 Å². The predicted octanol–water partition coefficient (Wildman–Crippen LogP) is 3.39. The number of thioether (sulfide) groups is 1. The van der Waals surface area contributed by atoms with Crippen molar-refractivity contribution in [2.75, 3.05) is 11.1 Å². The van der Waals surface area contributed by atoms with Crippen molar-refractivity contribution in [1.29, 1.82) is 5.26 Å². The van der Waals surface area contributed by atoms with Crippen LogP contribution in [0.5, 0.6) is 0 Å². The highest BCUT2D eigenvalue weighted by atomic mass is 32.2. The van der Waals surface area contributed by atoms with E-state index in [2.05, 4.69) is 16.4 Å². The number of imidazole rings is 1. The summed E-state index contributed by atoms with van der Waals surface area (Å²) >= 11 is 1.34. The number of aryl methyl sites for hydroxylation is 2. The second-order valence-electron chi connectivity index (χ2n) is 5.38. The van der Waals surface area contributed by atoms with Crippen molar-refractivity contribution in [3.8, 4) is 6.07 Å². The first-order valence-electron chi connectivity index (χ1n) is 7.35. The molecule has 2 heterocycles. The number of hydrogen-bond acceptors (Lipinski definition) is 5. The van der Waals surface area contributed by atoms with Gasteiger partial charge in [-0.3, -0.25) is 10.1 Å². The van der Waals surface area contributed by atoms with E-state index < -0.39 is 0 Å². The standard InChI is InChI=1S/C17H16N4O2S/c1-10-11(2)23-16(12(10)8-18)20-15(22)9-24-17-19-13-6-4-5-7-14(13)21(17)3/h4-7H,9H2,1-3H3,(H,20,22). The number of nitrogens with one attached hydrogen (secondary N) is 1. The molecule has 0 fully saturated rings. The second-order valence-corrected chi connectivity index (χ2v) is 6.32. The fraction of sp³-hybridized carbons (Fsp3) is 0.235. The number of amides is 1. The molecule has 2 aromatic heterocycles. The van der Waals surface area contributed by atoms with E-state index in [-0.39, 0.29) is 17.5 Å². The van der Waals surface area contributed by atoms with E-state index in [1.54, 1.807) is 13.8 Å². The van der Waals surface area contributed by atoms with Crippen LogP contribution in [0.4, 0.5) is 5.88 Å². The van der Waals surface area contributed by atoms with Gasteiger partial charge in [0.1, 0.15) is 17.4 Å². The zero-order valence-electron chi connectivity index (χ0n) is 13.6. The summed E-state index contributed by atoms with van der Waals surface area (Å²) in [5.74, 6) is 0.783. The van der Waals surface area contributed by atoms with Crippen LogP contribution in [0.15, 0.2) is 33.8 Å². The lowest BCUT2D eigenvalue weighted by Gasteiger charge is -2.03. The number of carbonyl (C=O) groups excluding carboxylic acids is 1. The third kappa shape index (κ3) is 2.88. The minimum atomic E-state index is -0.239. The largest absolute Gasteiger partial charge is 0.444 e. The summed E-state index contributed by atoms with van der Waals surface area (Å²) < 4.78 is 7.40. The lowest BCUT2D eigenvalue weighted by atomic mass is 10.2. The van der Waals surface area contributed by atoms with Crippen LogP contribution in [0.25, 0.3) is 11.0 Å². The first kappa shape index (κ1) is 16.1. The number of anilines is 1. The number of nitrogens with zero attached hydrogens (tertiary/aromatic N) is 3. The minimum Gasteiger partial charge on any atom is -0.444 e. The number of para-hydroxylation sites is 2. The summed E-state index contributed by atoms with van der Waals surface area (Å²) in [6, 6.07) is 9.87. The van der Waals surface area contributed by atoms with Crippen LogP contribution in [0.2, 0.25) is 0 Å². The van der Waals surface area contributed by atoms with Gasteiger partial charge in [-0.1, -0.05) is 23.9 Å². The van der Waals surface area contributed by atoms with Crippen molar-refractivity contribution in [3.05, 3.63) is 41.2 Å². The van der Waals surface area contributed by atoms with Crippen molar-refractivity contribution in [2.24, 2.45) is 7.05 Å². The molecular formula is C17H16N4O2S. The van der Waals surface area contributed by atoms with Gasteiger partial charge in [-0.25, -0.2) is 4.98 Å². The van der Waals surface area contributed by atoms with Gasteiger partial charge >= 0.3 is 0 Å².